The largest absolute Gasteiger partial charge is 0.441 e. The number of rotatable bonds is 5. The minimum Gasteiger partial charge on any atom is -0.441 e. The molecule has 0 aliphatic heterocycles. The van der Waals surface area contributed by atoms with Gasteiger partial charge in [-0.1, -0.05) is 48.5 Å². The smallest absolute Gasteiger partial charge is 0.339 e. The molecule has 0 aliphatic carbocycles. The van der Waals surface area contributed by atoms with Crippen LogP contribution in [0.4, 0.5) is 0 Å². The van der Waals surface area contributed by atoms with Gasteiger partial charge in [-0.15, -0.1) is 0 Å². The Labute approximate surface area is 151 Å². The second-order valence-electron chi connectivity index (χ2n) is 5.95. The molecule has 0 aliphatic rings. The third kappa shape index (κ3) is 3.47. The van der Waals surface area contributed by atoms with Crippen molar-refractivity contribution in [3.05, 3.63) is 90.1 Å². The lowest BCUT2D eigenvalue weighted by molar-refractivity contribution is -0.136. The molecule has 0 bridgehead atoms. The lowest BCUT2D eigenvalue weighted by Crippen LogP contribution is -2.42. The minimum absolute atomic E-state index is 0.352. The molecule has 1 heterocycles. The van der Waals surface area contributed by atoms with Crippen molar-refractivity contribution in [2.24, 2.45) is 5.73 Å². The van der Waals surface area contributed by atoms with Crippen LogP contribution in [0.25, 0.3) is 11.3 Å². The Kier molecular flexibility index (Phi) is 4.80. The highest BCUT2D eigenvalue weighted by atomic mass is 16.6. The normalized spacial score (nSPS) is 12.8. The number of nitrogens with zero attached hydrogens (tertiary/aromatic N) is 1. The quantitative estimate of drug-likeness (QED) is 0.719. The minimum atomic E-state index is -1.57. The van der Waals surface area contributed by atoms with E-state index in [0.717, 1.165) is 11.3 Å². The van der Waals surface area contributed by atoms with Crippen molar-refractivity contribution in [3.63, 3.8) is 0 Å². The van der Waals surface area contributed by atoms with E-state index >= 15 is 0 Å². The summed E-state index contributed by atoms with van der Waals surface area (Å²) in [5.74, 6) is -1.35. The third-order valence-corrected chi connectivity index (χ3v) is 4.17. The number of amides is 1. The number of primary amides is 1. The first kappa shape index (κ1) is 17.4. The molecule has 0 saturated carbocycles. The summed E-state index contributed by atoms with van der Waals surface area (Å²) in [5.41, 5.74) is 6.51. The Morgan fingerprint density at radius 1 is 0.923 bits per heavy atom. The number of esters is 1. The van der Waals surface area contributed by atoms with E-state index in [9.17, 15) is 9.59 Å². The van der Waals surface area contributed by atoms with E-state index in [4.69, 9.17) is 10.5 Å². The van der Waals surface area contributed by atoms with E-state index in [0.29, 0.717) is 11.1 Å². The average molecular weight is 346 g/mol. The fourth-order valence-electron chi connectivity index (χ4n) is 2.56. The van der Waals surface area contributed by atoms with Crippen LogP contribution in [0.2, 0.25) is 0 Å². The summed E-state index contributed by atoms with van der Waals surface area (Å²) in [7, 11) is 0. The van der Waals surface area contributed by atoms with Crippen LogP contribution in [0.5, 0.6) is 0 Å². The number of hydrogen-bond donors (Lipinski definition) is 1. The molecule has 2 aromatic carbocycles. The molecule has 5 nitrogen and oxygen atoms in total. The standard InChI is InChI=1S/C21H18N2O3/c1-21(20(22)25,26-19(24)16-7-3-2-4-8-16)17-12-10-15(11-13-17)18-9-5-6-14-23-18/h2-14H,1H3,(H2,22,25). The first-order valence-electron chi connectivity index (χ1n) is 8.11. The summed E-state index contributed by atoms with van der Waals surface area (Å²) in [6, 6.07) is 21.2. The molecular formula is C21H18N2O3. The molecule has 130 valence electrons. The van der Waals surface area contributed by atoms with Crippen molar-refractivity contribution in [1.29, 1.82) is 0 Å². The molecular weight excluding hydrogens is 328 g/mol. The highest BCUT2D eigenvalue weighted by Crippen LogP contribution is 2.28. The molecule has 0 saturated heterocycles. The van der Waals surface area contributed by atoms with Crippen molar-refractivity contribution < 1.29 is 14.3 Å². The number of aromatic nitrogens is 1. The maximum atomic E-state index is 12.4. The van der Waals surface area contributed by atoms with Crippen molar-refractivity contribution in [1.82, 2.24) is 4.98 Å². The number of pyridine rings is 1. The molecule has 1 atom stereocenters. The van der Waals surface area contributed by atoms with Crippen LogP contribution in [0.1, 0.15) is 22.8 Å². The van der Waals surface area contributed by atoms with E-state index < -0.39 is 17.5 Å². The predicted molar refractivity (Wildman–Crippen MR) is 98.1 cm³/mol. The number of nitrogens with two attached hydrogens (primary N) is 1. The van der Waals surface area contributed by atoms with Gasteiger partial charge in [-0.05, 0) is 31.2 Å². The summed E-state index contributed by atoms with van der Waals surface area (Å²) in [6.45, 7) is 1.49. The van der Waals surface area contributed by atoms with E-state index in [1.165, 1.54) is 6.92 Å². The van der Waals surface area contributed by atoms with E-state index in [2.05, 4.69) is 4.98 Å². The summed E-state index contributed by atoms with van der Waals surface area (Å²) < 4.78 is 5.49. The zero-order chi connectivity index (χ0) is 18.6. The van der Waals surface area contributed by atoms with Crippen LogP contribution in [0, 0.1) is 0 Å². The summed E-state index contributed by atoms with van der Waals surface area (Å²) in [4.78, 5) is 28.7. The van der Waals surface area contributed by atoms with Gasteiger partial charge in [0.15, 0.2) is 0 Å². The summed E-state index contributed by atoms with van der Waals surface area (Å²) >= 11 is 0. The van der Waals surface area contributed by atoms with Crippen molar-refractivity contribution in [2.75, 3.05) is 0 Å². The van der Waals surface area contributed by atoms with Gasteiger partial charge in [0.1, 0.15) is 0 Å². The van der Waals surface area contributed by atoms with Gasteiger partial charge < -0.3 is 10.5 Å². The van der Waals surface area contributed by atoms with Gasteiger partial charge in [-0.2, -0.15) is 0 Å². The van der Waals surface area contributed by atoms with Gasteiger partial charge in [0, 0.05) is 17.3 Å². The van der Waals surface area contributed by atoms with Gasteiger partial charge in [0.25, 0.3) is 5.91 Å². The van der Waals surface area contributed by atoms with Crippen LogP contribution in [0.15, 0.2) is 79.0 Å². The van der Waals surface area contributed by atoms with E-state index in [1.54, 1.807) is 48.7 Å². The molecule has 3 rings (SSSR count). The molecule has 1 amide bonds. The SMILES string of the molecule is CC(OC(=O)c1ccccc1)(C(N)=O)c1ccc(-c2ccccn2)cc1. The number of benzene rings is 2. The number of carbonyl (C=O) groups excluding carboxylic acids is 2. The van der Waals surface area contributed by atoms with Crippen molar-refractivity contribution in [3.8, 4) is 11.3 Å². The molecule has 2 N–H and O–H groups in total. The van der Waals surface area contributed by atoms with Crippen LogP contribution in [-0.2, 0) is 15.1 Å². The maximum absolute atomic E-state index is 12.4. The number of ether oxygens (including phenoxy) is 1. The highest BCUT2D eigenvalue weighted by Gasteiger charge is 2.38. The lowest BCUT2D eigenvalue weighted by atomic mass is 9.93. The Hall–Kier alpha value is -3.47. The molecule has 26 heavy (non-hydrogen) atoms. The fraction of sp³-hybridized carbons (Fsp3) is 0.0952. The first-order valence-corrected chi connectivity index (χ1v) is 8.11. The van der Waals surface area contributed by atoms with Crippen LogP contribution in [0.3, 0.4) is 0 Å². The third-order valence-electron chi connectivity index (χ3n) is 4.17. The summed E-state index contributed by atoms with van der Waals surface area (Å²) in [6.07, 6.45) is 1.71. The van der Waals surface area contributed by atoms with Crippen LogP contribution >= 0.6 is 0 Å². The molecule has 1 unspecified atom stereocenters. The average Bonchev–Trinajstić information content (AvgIpc) is 2.69. The fourth-order valence-corrected chi connectivity index (χ4v) is 2.56. The lowest BCUT2D eigenvalue weighted by Gasteiger charge is -2.27. The zero-order valence-corrected chi connectivity index (χ0v) is 14.3. The maximum Gasteiger partial charge on any atom is 0.339 e. The second-order valence-corrected chi connectivity index (χ2v) is 5.95. The van der Waals surface area contributed by atoms with Crippen LogP contribution < -0.4 is 5.73 Å². The molecule has 0 spiro atoms. The first-order chi connectivity index (χ1) is 12.5. The Morgan fingerprint density at radius 3 is 2.15 bits per heavy atom. The molecule has 3 aromatic rings. The van der Waals surface area contributed by atoms with Gasteiger partial charge in [0.2, 0.25) is 5.60 Å². The molecule has 0 radical (unpaired) electrons. The van der Waals surface area contributed by atoms with Gasteiger partial charge in [-0.25, -0.2) is 4.79 Å². The van der Waals surface area contributed by atoms with Gasteiger partial charge >= 0.3 is 5.97 Å². The van der Waals surface area contributed by atoms with E-state index in [1.807, 2.05) is 30.3 Å². The van der Waals surface area contributed by atoms with Gasteiger partial charge in [0.05, 0.1) is 11.3 Å². The van der Waals surface area contributed by atoms with Crippen molar-refractivity contribution in [2.45, 2.75) is 12.5 Å². The predicted octanol–water partition coefficient (Wildman–Crippen LogP) is 3.31. The molecule has 5 heteroatoms. The highest BCUT2D eigenvalue weighted by molar-refractivity contribution is 5.94. The Morgan fingerprint density at radius 2 is 1.58 bits per heavy atom. The molecule has 1 aromatic heterocycles. The Bertz CT molecular complexity index is 909. The number of carbonyl (C=O) groups is 2. The topological polar surface area (TPSA) is 82.3 Å². The van der Waals surface area contributed by atoms with Gasteiger partial charge in [-0.3, -0.25) is 9.78 Å². The molecule has 0 fully saturated rings. The second kappa shape index (κ2) is 7.19. The van der Waals surface area contributed by atoms with Crippen molar-refractivity contribution >= 4 is 11.9 Å². The summed E-state index contributed by atoms with van der Waals surface area (Å²) in [5, 5.41) is 0. The number of hydrogen-bond acceptors (Lipinski definition) is 4. The monoisotopic (exact) mass is 346 g/mol. The van der Waals surface area contributed by atoms with E-state index in [-0.39, 0.29) is 0 Å². The Balaban J connectivity index is 1.90. The zero-order valence-electron chi connectivity index (χ0n) is 14.3. The van der Waals surface area contributed by atoms with Crippen LogP contribution in [-0.4, -0.2) is 16.9 Å².